The molecule has 2 aromatic carbocycles. The van der Waals surface area contributed by atoms with Gasteiger partial charge in [0.15, 0.2) is 0 Å². The van der Waals surface area contributed by atoms with Gasteiger partial charge < -0.3 is 14.9 Å². The van der Waals surface area contributed by atoms with Gasteiger partial charge in [-0.3, -0.25) is 4.72 Å². The zero-order valence-electron chi connectivity index (χ0n) is 18.6. The Kier molecular flexibility index (Phi) is 7.48. The van der Waals surface area contributed by atoms with Crippen molar-refractivity contribution in [1.82, 2.24) is 0 Å². The number of sulfonamides is 1. The standard InChI is InChI=1S/C23H22F3NO6S2/c1-22(2,30)12-16-9-10-34-21(16)35(31,32)27-18-8-7-17(23(24,25)26)11-19(18)33-13-14-3-5-15(6-4-14)20(28)29/h3-11,27,30H,12-13H2,1-2H3,(H,28,29). The zero-order valence-corrected chi connectivity index (χ0v) is 20.2. The maximum atomic E-state index is 13.3. The predicted octanol–water partition coefficient (Wildman–Crippen LogP) is 5.16. The van der Waals surface area contributed by atoms with Crippen molar-refractivity contribution in [2.24, 2.45) is 0 Å². The van der Waals surface area contributed by atoms with E-state index >= 15 is 0 Å². The van der Waals surface area contributed by atoms with Gasteiger partial charge in [-0.25, -0.2) is 13.2 Å². The highest BCUT2D eigenvalue weighted by atomic mass is 32.2. The Morgan fingerprint density at radius 1 is 1.09 bits per heavy atom. The van der Waals surface area contributed by atoms with Crippen LogP contribution in [-0.2, 0) is 29.2 Å². The van der Waals surface area contributed by atoms with E-state index in [2.05, 4.69) is 4.72 Å². The van der Waals surface area contributed by atoms with E-state index in [1.807, 2.05) is 0 Å². The first-order valence-electron chi connectivity index (χ1n) is 10.1. The van der Waals surface area contributed by atoms with Crippen molar-refractivity contribution in [2.75, 3.05) is 4.72 Å². The molecule has 0 aliphatic rings. The van der Waals surface area contributed by atoms with Crippen molar-refractivity contribution >= 4 is 33.0 Å². The van der Waals surface area contributed by atoms with E-state index in [1.54, 1.807) is 11.4 Å². The van der Waals surface area contributed by atoms with Crippen LogP contribution in [0.3, 0.4) is 0 Å². The Hall–Kier alpha value is -3.09. The minimum atomic E-state index is -4.69. The second-order valence-electron chi connectivity index (χ2n) is 8.33. The second kappa shape index (κ2) is 9.88. The molecule has 0 saturated heterocycles. The molecule has 7 nitrogen and oxygen atoms in total. The number of alkyl halides is 3. The number of carbonyl (C=O) groups is 1. The Labute approximate surface area is 203 Å². The largest absolute Gasteiger partial charge is 0.487 e. The lowest BCUT2D eigenvalue weighted by atomic mass is 10.0. The van der Waals surface area contributed by atoms with Gasteiger partial charge in [0.2, 0.25) is 0 Å². The number of hydrogen-bond donors (Lipinski definition) is 3. The average Bonchev–Trinajstić information content (AvgIpc) is 3.19. The Balaban J connectivity index is 1.91. The van der Waals surface area contributed by atoms with E-state index in [4.69, 9.17) is 9.84 Å². The number of carboxylic acids is 1. The number of hydrogen-bond acceptors (Lipinski definition) is 6. The number of halogens is 3. The van der Waals surface area contributed by atoms with E-state index in [1.165, 1.54) is 38.1 Å². The average molecular weight is 530 g/mol. The van der Waals surface area contributed by atoms with E-state index < -0.39 is 33.3 Å². The molecule has 3 aromatic rings. The monoisotopic (exact) mass is 529 g/mol. The molecule has 0 saturated carbocycles. The minimum absolute atomic E-state index is 0.0269. The van der Waals surface area contributed by atoms with Crippen LogP contribution in [0, 0.1) is 0 Å². The molecule has 1 aromatic heterocycles. The molecule has 0 aliphatic carbocycles. The van der Waals surface area contributed by atoms with E-state index in [0.29, 0.717) is 17.2 Å². The lowest BCUT2D eigenvalue weighted by molar-refractivity contribution is -0.137. The molecule has 0 bridgehead atoms. The Morgan fingerprint density at radius 3 is 2.31 bits per heavy atom. The number of anilines is 1. The lowest BCUT2D eigenvalue weighted by Crippen LogP contribution is -2.23. The number of rotatable bonds is 9. The Morgan fingerprint density at radius 2 is 1.74 bits per heavy atom. The summed E-state index contributed by atoms with van der Waals surface area (Å²) in [5.74, 6) is -1.49. The minimum Gasteiger partial charge on any atom is -0.487 e. The van der Waals surface area contributed by atoms with E-state index in [-0.39, 0.29) is 34.2 Å². The molecule has 188 valence electrons. The van der Waals surface area contributed by atoms with Gasteiger partial charge in [-0.1, -0.05) is 12.1 Å². The topological polar surface area (TPSA) is 113 Å². The fourth-order valence-corrected chi connectivity index (χ4v) is 5.64. The van der Waals surface area contributed by atoms with Crippen LogP contribution in [0.4, 0.5) is 18.9 Å². The maximum absolute atomic E-state index is 13.3. The molecule has 0 amide bonds. The SMILES string of the molecule is CC(C)(O)Cc1ccsc1S(=O)(=O)Nc1ccc(C(F)(F)F)cc1OCc1ccc(C(=O)O)cc1. The summed E-state index contributed by atoms with van der Waals surface area (Å²) in [5, 5.41) is 20.6. The van der Waals surface area contributed by atoms with Crippen LogP contribution in [0.2, 0.25) is 0 Å². The van der Waals surface area contributed by atoms with Crippen LogP contribution in [0.1, 0.15) is 40.9 Å². The molecule has 1 heterocycles. The van der Waals surface area contributed by atoms with Crippen LogP contribution < -0.4 is 9.46 Å². The molecule has 0 aliphatic heterocycles. The molecule has 0 radical (unpaired) electrons. The third kappa shape index (κ3) is 6.96. The number of thiophene rings is 1. The molecular weight excluding hydrogens is 507 g/mol. The first-order chi connectivity index (χ1) is 16.2. The van der Waals surface area contributed by atoms with E-state index in [9.17, 15) is 31.5 Å². The molecule has 0 unspecified atom stereocenters. The summed E-state index contributed by atoms with van der Waals surface area (Å²) in [4.78, 5) is 11.0. The highest BCUT2D eigenvalue weighted by Gasteiger charge is 2.32. The number of aliphatic hydroxyl groups is 1. The smallest absolute Gasteiger partial charge is 0.416 e. The number of carboxylic acid groups (broad SMARTS) is 1. The summed E-state index contributed by atoms with van der Waals surface area (Å²) in [6.07, 6.45) is -4.64. The summed E-state index contributed by atoms with van der Waals surface area (Å²) in [6.45, 7) is 2.82. The molecular formula is C23H22F3NO6S2. The highest BCUT2D eigenvalue weighted by Crippen LogP contribution is 2.37. The van der Waals surface area contributed by atoms with Gasteiger partial charge in [0.05, 0.1) is 22.4 Å². The maximum Gasteiger partial charge on any atom is 0.416 e. The van der Waals surface area contributed by atoms with Gasteiger partial charge in [-0.2, -0.15) is 13.2 Å². The highest BCUT2D eigenvalue weighted by molar-refractivity contribution is 7.94. The number of ether oxygens (including phenoxy) is 1. The van der Waals surface area contributed by atoms with Gasteiger partial charge in [-0.15, -0.1) is 11.3 Å². The third-order valence-corrected chi connectivity index (χ3v) is 7.66. The number of aromatic carboxylic acids is 1. The van der Waals surface area contributed by atoms with Crippen LogP contribution >= 0.6 is 11.3 Å². The summed E-state index contributed by atoms with van der Waals surface area (Å²) in [7, 11) is -4.21. The molecule has 0 fully saturated rings. The predicted molar refractivity (Wildman–Crippen MR) is 124 cm³/mol. The first kappa shape index (κ1) is 26.5. The van der Waals surface area contributed by atoms with Crippen LogP contribution in [-0.4, -0.2) is 30.2 Å². The molecule has 12 heteroatoms. The molecule has 35 heavy (non-hydrogen) atoms. The summed E-state index contributed by atoms with van der Waals surface area (Å²) >= 11 is 0.913. The lowest BCUT2D eigenvalue weighted by Gasteiger charge is -2.18. The van der Waals surface area contributed by atoms with Gasteiger partial charge in [0.25, 0.3) is 10.0 Å². The van der Waals surface area contributed by atoms with Crippen molar-refractivity contribution < 1.29 is 41.3 Å². The molecule has 3 rings (SSSR count). The summed E-state index contributed by atoms with van der Waals surface area (Å²) in [6, 6.07) is 9.46. The fourth-order valence-electron chi connectivity index (χ4n) is 3.15. The van der Waals surface area contributed by atoms with Crippen molar-refractivity contribution in [2.45, 2.75) is 42.9 Å². The third-order valence-electron chi connectivity index (χ3n) is 4.72. The number of benzene rings is 2. The summed E-state index contributed by atoms with van der Waals surface area (Å²) in [5.41, 5.74) is -1.56. The van der Waals surface area contributed by atoms with Crippen LogP contribution in [0.25, 0.3) is 0 Å². The van der Waals surface area contributed by atoms with Crippen molar-refractivity contribution in [3.8, 4) is 5.75 Å². The Bertz CT molecular complexity index is 1310. The van der Waals surface area contributed by atoms with Gasteiger partial charge >= 0.3 is 12.1 Å². The van der Waals surface area contributed by atoms with E-state index in [0.717, 1.165) is 23.5 Å². The van der Waals surface area contributed by atoms with Gasteiger partial charge in [0, 0.05) is 6.42 Å². The van der Waals surface area contributed by atoms with Gasteiger partial charge in [-0.05, 0) is 66.8 Å². The number of nitrogens with one attached hydrogen (secondary N) is 1. The van der Waals surface area contributed by atoms with Crippen LogP contribution in [0.15, 0.2) is 58.1 Å². The molecule has 0 atom stereocenters. The van der Waals surface area contributed by atoms with Crippen molar-refractivity contribution in [3.63, 3.8) is 0 Å². The fraction of sp³-hybridized carbons (Fsp3) is 0.261. The molecule has 0 spiro atoms. The normalized spacial score (nSPS) is 12.4. The van der Waals surface area contributed by atoms with Gasteiger partial charge in [0.1, 0.15) is 16.6 Å². The first-order valence-corrected chi connectivity index (χ1v) is 12.5. The quantitative estimate of drug-likeness (QED) is 0.353. The zero-order chi connectivity index (χ0) is 26.0. The van der Waals surface area contributed by atoms with Crippen LogP contribution in [0.5, 0.6) is 5.75 Å². The summed E-state index contributed by atoms with van der Waals surface area (Å²) < 4.78 is 73.7. The second-order valence-corrected chi connectivity index (χ2v) is 11.1. The molecule has 3 N–H and O–H groups in total. The van der Waals surface area contributed by atoms with Crippen molar-refractivity contribution in [1.29, 1.82) is 0 Å². The van der Waals surface area contributed by atoms with Crippen molar-refractivity contribution in [3.05, 3.63) is 76.2 Å².